The number of aryl methyl sites for hydroxylation is 1. The Bertz CT molecular complexity index is 649. The molecule has 2 aromatic rings. The van der Waals surface area contributed by atoms with Crippen molar-refractivity contribution in [1.29, 1.82) is 0 Å². The highest BCUT2D eigenvalue weighted by atomic mass is 32.1. The summed E-state index contributed by atoms with van der Waals surface area (Å²) in [5, 5.41) is 3.33. The fraction of sp³-hybridized carbons (Fsp3) is 0.562. The fourth-order valence-corrected chi connectivity index (χ4v) is 4.14. The minimum absolute atomic E-state index is 0.243. The van der Waals surface area contributed by atoms with Crippen LogP contribution in [-0.2, 0) is 6.54 Å². The number of piperazine rings is 1. The van der Waals surface area contributed by atoms with E-state index in [1.54, 1.807) is 23.7 Å². The molecule has 4 rings (SSSR count). The molecule has 2 aliphatic heterocycles. The maximum Gasteiger partial charge on any atom is 0.156 e. The first-order valence-electron chi connectivity index (χ1n) is 8.05. The average molecular weight is 331 g/mol. The fourth-order valence-electron chi connectivity index (χ4n) is 3.54. The number of hydrogen-bond acceptors (Lipinski definition) is 7. The average Bonchev–Trinajstić information content (AvgIpc) is 3.13. The van der Waals surface area contributed by atoms with E-state index in [2.05, 4.69) is 37.1 Å². The smallest absolute Gasteiger partial charge is 0.156 e. The van der Waals surface area contributed by atoms with Crippen molar-refractivity contribution in [2.45, 2.75) is 32.0 Å². The maximum atomic E-state index is 6.03. The molecular weight excluding hydrogens is 310 g/mol. The minimum atomic E-state index is 0.243. The van der Waals surface area contributed by atoms with Crippen molar-refractivity contribution in [3.05, 3.63) is 34.8 Å². The molecular formula is C16H21N5OS. The van der Waals surface area contributed by atoms with Crippen LogP contribution in [-0.4, -0.2) is 63.1 Å². The van der Waals surface area contributed by atoms with Gasteiger partial charge in [-0.15, -0.1) is 11.3 Å². The van der Waals surface area contributed by atoms with Crippen molar-refractivity contribution < 1.29 is 4.74 Å². The van der Waals surface area contributed by atoms with Gasteiger partial charge >= 0.3 is 0 Å². The van der Waals surface area contributed by atoms with Gasteiger partial charge in [0, 0.05) is 50.6 Å². The number of fused-ring (bicyclic) bond motifs is 1. The molecule has 0 aliphatic carbocycles. The monoisotopic (exact) mass is 331 g/mol. The SMILES string of the molecule is Cc1nc(CN2CCN3C[C@H](Oc4cncnc4)C[C@H]3C2)cs1. The molecule has 2 aromatic heterocycles. The van der Waals surface area contributed by atoms with Gasteiger partial charge in [-0.2, -0.15) is 0 Å². The second-order valence-corrected chi connectivity index (χ2v) is 7.35. The van der Waals surface area contributed by atoms with Gasteiger partial charge in [0.1, 0.15) is 12.4 Å². The van der Waals surface area contributed by atoms with Crippen LogP contribution in [0.2, 0.25) is 0 Å². The molecule has 0 N–H and O–H groups in total. The highest BCUT2D eigenvalue weighted by molar-refractivity contribution is 7.09. The molecule has 2 aliphatic rings. The van der Waals surface area contributed by atoms with Crippen LogP contribution < -0.4 is 4.74 Å². The predicted molar refractivity (Wildman–Crippen MR) is 88.6 cm³/mol. The van der Waals surface area contributed by atoms with Crippen molar-refractivity contribution in [2.75, 3.05) is 26.2 Å². The lowest BCUT2D eigenvalue weighted by Gasteiger charge is -2.36. The van der Waals surface area contributed by atoms with Gasteiger partial charge in [0.2, 0.25) is 0 Å². The van der Waals surface area contributed by atoms with E-state index in [1.165, 1.54) is 12.0 Å². The first-order valence-corrected chi connectivity index (χ1v) is 8.93. The molecule has 2 fully saturated rings. The van der Waals surface area contributed by atoms with Crippen LogP contribution in [0.5, 0.6) is 5.75 Å². The Balaban J connectivity index is 1.33. The zero-order valence-corrected chi connectivity index (χ0v) is 14.1. The lowest BCUT2D eigenvalue weighted by molar-refractivity contribution is 0.0970. The molecule has 2 saturated heterocycles. The van der Waals surface area contributed by atoms with Crippen molar-refractivity contribution in [1.82, 2.24) is 24.8 Å². The van der Waals surface area contributed by atoms with Gasteiger partial charge in [-0.05, 0) is 6.92 Å². The van der Waals surface area contributed by atoms with Gasteiger partial charge < -0.3 is 4.74 Å². The van der Waals surface area contributed by atoms with Crippen LogP contribution in [0.15, 0.2) is 24.1 Å². The van der Waals surface area contributed by atoms with E-state index >= 15 is 0 Å². The summed E-state index contributed by atoms with van der Waals surface area (Å²) >= 11 is 1.73. The molecule has 0 amide bonds. The lowest BCUT2D eigenvalue weighted by atomic mass is 10.1. The molecule has 7 heteroatoms. The molecule has 0 saturated carbocycles. The number of rotatable bonds is 4. The van der Waals surface area contributed by atoms with Crippen LogP contribution in [0.3, 0.4) is 0 Å². The normalized spacial score (nSPS) is 25.4. The van der Waals surface area contributed by atoms with Crippen molar-refractivity contribution in [3.8, 4) is 5.75 Å². The topological polar surface area (TPSA) is 54.4 Å². The van der Waals surface area contributed by atoms with Gasteiger partial charge in [0.25, 0.3) is 0 Å². The Hall–Kier alpha value is -1.57. The summed E-state index contributed by atoms with van der Waals surface area (Å²) in [5.74, 6) is 0.771. The molecule has 23 heavy (non-hydrogen) atoms. The van der Waals surface area contributed by atoms with E-state index in [9.17, 15) is 0 Å². The third kappa shape index (κ3) is 3.52. The molecule has 122 valence electrons. The first kappa shape index (κ1) is 15.0. The van der Waals surface area contributed by atoms with E-state index in [0.717, 1.165) is 49.9 Å². The van der Waals surface area contributed by atoms with E-state index in [0.29, 0.717) is 6.04 Å². The third-order valence-electron chi connectivity index (χ3n) is 4.55. The Morgan fingerprint density at radius 1 is 1.26 bits per heavy atom. The molecule has 4 heterocycles. The van der Waals surface area contributed by atoms with Crippen LogP contribution >= 0.6 is 11.3 Å². The lowest BCUT2D eigenvalue weighted by Crippen LogP contribution is -2.49. The summed E-state index contributed by atoms with van der Waals surface area (Å²) in [7, 11) is 0. The Morgan fingerprint density at radius 3 is 2.91 bits per heavy atom. The van der Waals surface area contributed by atoms with Crippen LogP contribution in [0, 0.1) is 6.92 Å². The second kappa shape index (κ2) is 6.51. The maximum absolute atomic E-state index is 6.03. The van der Waals surface area contributed by atoms with Gasteiger partial charge in [-0.1, -0.05) is 0 Å². The molecule has 0 spiro atoms. The van der Waals surface area contributed by atoms with Crippen molar-refractivity contribution >= 4 is 11.3 Å². The van der Waals surface area contributed by atoms with E-state index in [-0.39, 0.29) is 6.10 Å². The number of thiazole rings is 1. The highest BCUT2D eigenvalue weighted by Crippen LogP contribution is 2.26. The second-order valence-electron chi connectivity index (χ2n) is 6.29. The molecule has 0 bridgehead atoms. The summed E-state index contributed by atoms with van der Waals surface area (Å²) in [6, 6.07) is 0.582. The number of ether oxygens (including phenoxy) is 1. The summed E-state index contributed by atoms with van der Waals surface area (Å²) in [5.41, 5.74) is 1.20. The van der Waals surface area contributed by atoms with E-state index in [1.807, 2.05) is 0 Å². The minimum Gasteiger partial charge on any atom is -0.486 e. The predicted octanol–water partition coefficient (Wildman–Crippen LogP) is 1.58. The number of hydrogen-bond donors (Lipinski definition) is 0. The van der Waals surface area contributed by atoms with Crippen molar-refractivity contribution in [3.63, 3.8) is 0 Å². The highest BCUT2D eigenvalue weighted by Gasteiger charge is 2.37. The summed E-state index contributed by atoms with van der Waals surface area (Å²) in [4.78, 5) is 17.7. The molecule has 0 unspecified atom stereocenters. The van der Waals surface area contributed by atoms with Gasteiger partial charge in [-0.3, -0.25) is 9.80 Å². The van der Waals surface area contributed by atoms with Crippen molar-refractivity contribution in [2.24, 2.45) is 0 Å². The quantitative estimate of drug-likeness (QED) is 0.848. The molecule has 6 nitrogen and oxygen atoms in total. The van der Waals surface area contributed by atoms with Gasteiger partial charge in [0.05, 0.1) is 23.1 Å². The standard InChI is InChI=1S/C16H21N5OS/c1-12-19-13(10-23-12)7-20-2-3-21-9-15(4-14(21)8-20)22-16-5-17-11-18-6-16/h5-6,10-11,14-15H,2-4,7-9H2,1H3/t14-,15+/m0/s1. The van der Waals surface area contributed by atoms with Crippen LogP contribution in [0.1, 0.15) is 17.1 Å². The van der Waals surface area contributed by atoms with Gasteiger partial charge in [0.15, 0.2) is 5.75 Å². The Kier molecular flexibility index (Phi) is 4.24. The summed E-state index contributed by atoms with van der Waals surface area (Å²) in [6.45, 7) is 7.35. The number of nitrogens with zero attached hydrogens (tertiary/aromatic N) is 5. The van der Waals surface area contributed by atoms with E-state index < -0.39 is 0 Å². The Morgan fingerprint density at radius 2 is 2.13 bits per heavy atom. The van der Waals surface area contributed by atoms with Crippen LogP contribution in [0.4, 0.5) is 0 Å². The number of aromatic nitrogens is 3. The van der Waals surface area contributed by atoms with Gasteiger partial charge in [-0.25, -0.2) is 15.0 Å². The van der Waals surface area contributed by atoms with E-state index in [4.69, 9.17) is 4.74 Å². The first-order chi connectivity index (χ1) is 11.3. The molecule has 0 aromatic carbocycles. The zero-order chi connectivity index (χ0) is 15.6. The largest absolute Gasteiger partial charge is 0.486 e. The summed E-state index contributed by atoms with van der Waals surface area (Å²) in [6.07, 6.45) is 6.32. The van der Waals surface area contributed by atoms with Crippen LogP contribution in [0.25, 0.3) is 0 Å². The summed E-state index contributed by atoms with van der Waals surface area (Å²) < 4.78 is 6.03. The Labute approximate surface area is 140 Å². The zero-order valence-electron chi connectivity index (χ0n) is 13.3. The third-order valence-corrected chi connectivity index (χ3v) is 5.38. The molecule has 0 radical (unpaired) electrons. The molecule has 2 atom stereocenters.